The smallest absolute Gasteiger partial charge is 0.170 e. The van der Waals surface area contributed by atoms with E-state index < -0.39 is 0 Å². The predicted molar refractivity (Wildman–Crippen MR) is 43.4 cm³/mol. The zero-order chi connectivity index (χ0) is 7.94. The van der Waals surface area contributed by atoms with Crippen molar-refractivity contribution in [1.82, 2.24) is 0 Å². The van der Waals surface area contributed by atoms with Gasteiger partial charge in [-0.2, -0.15) is 0 Å². The van der Waals surface area contributed by atoms with E-state index in [1.54, 1.807) is 0 Å². The molecular formula is C9H14NO+. The Balaban J connectivity index is 2.28. The fourth-order valence-electron chi connectivity index (χ4n) is 0.802. The lowest BCUT2D eigenvalue weighted by Gasteiger charge is -2.01. The van der Waals surface area contributed by atoms with Gasteiger partial charge >= 0.3 is 0 Å². The van der Waals surface area contributed by atoms with Gasteiger partial charge in [0.25, 0.3) is 0 Å². The molecule has 0 unspecified atom stereocenters. The summed E-state index contributed by atoms with van der Waals surface area (Å²) < 4.78 is 5.43. The predicted octanol–water partition coefficient (Wildman–Crippen LogP) is 1.68. The molecule has 0 aliphatic carbocycles. The second-order valence-corrected chi connectivity index (χ2v) is 2.44. The van der Waals surface area contributed by atoms with Crippen molar-refractivity contribution in [2.75, 3.05) is 6.61 Å². The summed E-state index contributed by atoms with van der Waals surface area (Å²) in [5, 5.41) is 0. The molecule has 0 aliphatic rings. The largest absolute Gasteiger partial charge is 0.493 e. The van der Waals surface area contributed by atoms with Crippen LogP contribution in [0.15, 0.2) is 24.5 Å². The van der Waals surface area contributed by atoms with E-state index in [1.807, 2.05) is 24.5 Å². The second-order valence-electron chi connectivity index (χ2n) is 2.44. The minimum Gasteiger partial charge on any atom is -0.493 e. The summed E-state index contributed by atoms with van der Waals surface area (Å²) in [7, 11) is 0. The Morgan fingerprint density at radius 2 is 2.09 bits per heavy atom. The van der Waals surface area contributed by atoms with Crippen LogP contribution in [0.5, 0.6) is 5.75 Å². The Hall–Kier alpha value is -1.05. The molecule has 2 heteroatoms. The van der Waals surface area contributed by atoms with Gasteiger partial charge in [-0.15, -0.1) is 0 Å². The van der Waals surface area contributed by atoms with Crippen LogP contribution < -0.4 is 9.72 Å². The Bertz CT molecular complexity index is 186. The lowest BCUT2D eigenvalue weighted by molar-refractivity contribution is -0.378. The summed E-state index contributed by atoms with van der Waals surface area (Å²) in [6, 6.07) is 3.85. The molecule has 0 atom stereocenters. The van der Waals surface area contributed by atoms with Crippen LogP contribution in [0.3, 0.4) is 0 Å². The van der Waals surface area contributed by atoms with Crippen LogP contribution in [0, 0.1) is 0 Å². The number of hydrogen-bond donors (Lipinski definition) is 0. The summed E-state index contributed by atoms with van der Waals surface area (Å²) in [6.07, 6.45) is 6.03. The molecule has 60 valence electrons. The summed E-state index contributed by atoms with van der Waals surface area (Å²) in [5.74, 6) is 0.942. The van der Waals surface area contributed by atoms with Gasteiger partial charge in [0.1, 0.15) is 5.75 Å². The number of H-pyrrole nitrogens is 1. The molecule has 0 fully saturated rings. The molecule has 1 heterocycles. The Labute approximate surface area is 67.2 Å². The van der Waals surface area contributed by atoms with Gasteiger partial charge < -0.3 is 4.74 Å². The molecule has 1 rings (SSSR count). The molecule has 0 radical (unpaired) electrons. The lowest BCUT2D eigenvalue weighted by Crippen LogP contribution is -2.00. The summed E-state index contributed by atoms with van der Waals surface area (Å²) >= 11 is 0. The van der Waals surface area contributed by atoms with E-state index in [-0.39, 0.29) is 0 Å². The molecule has 2 nitrogen and oxygen atoms in total. The van der Waals surface area contributed by atoms with Gasteiger partial charge in [0.05, 0.1) is 6.61 Å². The van der Waals surface area contributed by atoms with E-state index in [4.69, 9.17) is 4.74 Å². The highest BCUT2D eigenvalue weighted by Crippen LogP contribution is 2.05. The molecule has 0 saturated carbocycles. The van der Waals surface area contributed by atoms with E-state index in [1.165, 1.54) is 6.42 Å². The van der Waals surface area contributed by atoms with Crippen LogP contribution in [-0.4, -0.2) is 6.61 Å². The highest BCUT2D eigenvalue weighted by atomic mass is 16.5. The number of aromatic nitrogens is 1. The van der Waals surface area contributed by atoms with Crippen LogP contribution in [0.1, 0.15) is 19.8 Å². The van der Waals surface area contributed by atoms with Crippen LogP contribution in [0.4, 0.5) is 0 Å². The van der Waals surface area contributed by atoms with E-state index in [0.29, 0.717) is 0 Å². The fraction of sp³-hybridized carbons (Fsp3) is 0.444. The van der Waals surface area contributed by atoms with E-state index in [2.05, 4.69) is 11.9 Å². The Morgan fingerprint density at radius 3 is 2.73 bits per heavy atom. The van der Waals surface area contributed by atoms with E-state index in [0.717, 1.165) is 18.8 Å². The molecule has 0 aromatic carbocycles. The number of pyridine rings is 1. The lowest BCUT2D eigenvalue weighted by atomic mass is 10.3. The SMILES string of the molecule is CCCCOc1cc[nH+]cc1. The van der Waals surface area contributed by atoms with Gasteiger partial charge in [0, 0.05) is 12.1 Å². The fourth-order valence-corrected chi connectivity index (χ4v) is 0.802. The number of rotatable bonds is 4. The third-order valence-corrected chi connectivity index (χ3v) is 1.45. The van der Waals surface area contributed by atoms with Crippen molar-refractivity contribution in [3.63, 3.8) is 0 Å². The van der Waals surface area contributed by atoms with Crippen molar-refractivity contribution in [1.29, 1.82) is 0 Å². The Kier molecular flexibility index (Phi) is 3.45. The molecule has 0 amide bonds. The van der Waals surface area contributed by atoms with Crippen molar-refractivity contribution < 1.29 is 9.72 Å². The van der Waals surface area contributed by atoms with E-state index >= 15 is 0 Å². The average Bonchev–Trinajstić information content (AvgIpc) is 2.07. The summed E-state index contributed by atoms with van der Waals surface area (Å²) in [5.41, 5.74) is 0. The van der Waals surface area contributed by atoms with Gasteiger partial charge in [-0.25, -0.2) is 4.98 Å². The number of aromatic amines is 1. The van der Waals surface area contributed by atoms with Crippen molar-refractivity contribution >= 4 is 0 Å². The quantitative estimate of drug-likeness (QED) is 0.602. The minimum atomic E-state index is 0.820. The maximum atomic E-state index is 5.43. The molecule has 0 spiro atoms. The monoisotopic (exact) mass is 152 g/mol. The molecule has 0 saturated heterocycles. The highest BCUT2D eigenvalue weighted by Gasteiger charge is 1.91. The van der Waals surface area contributed by atoms with Crippen LogP contribution in [0.2, 0.25) is 0 Å². The van der Waals surface area contributed by atoms with Crippen molar-refractivity contribution in [3.8, 4) is 5.75 Å². The third kappa shape index (κ3) is 3.03. The standard InChI is InChI=1S/C9H13NO/c1-2-3-8-11-9-4-6-10-7-5-9/h4-7H,2-3,8H2,1H3/p+1. The number of nitrogens with one attached hydrogen (secondary N) is 1. The highest BCUT2D eigenvalue weighted by molar-refractivity contribution is 5.14. The minimum absolute atomic E-state index is 0.820. The first-order valence-electron chi connectivity index (χ1n) is 4.02. The summed E-state index contributed by atoms with van der Waals surface area (Å²) in [4.78, 5) is 2.94. The van der Waals surface area contributed by atoms with Gasteiger partial charge in [0.2, 0.25) is 0 Å². The van der Waals surface area contributed by atoms with E-state index in [9.17, 15) is 0 Å². The first kappa shape index (κ1) is 8.05. The van der Waals surface area contributed by atoms with Gasteiger partial charge in [-0.05, 0) is 6.42 Å². The molecule has 11 heavy (non-hydrogen) atoms. The van der Waals surface area contributed by atoms with Crippen LogP contribution in [-0.2, 0) is 0 Å². The van der Waals surface area contributed by atoms with Crippen molar-refractivity contribution in [2.24, 2.45) is 0 Å². The van der Waals surface area contributed by atoms with Crippen LogP contribution >= 0.6 is 0 Å². The van der Waals surface area contributed by atoms with Gasteiger partial charge in [-0.3, -0.25) is 0 Å². The third-order valence-electron chi connectivity index (χ3n) is 1.45. The number of hydrogen-bond acceptors (Lipinski definition) is 1. The van der Waals surface area contributed by atoms with Gasteiger partial charge in [0.15, 0.2) is 12.4 Å². The van der Waals surface area contributed by atoms with Crippen molar-refractivity contribution in [3.05, 3.63) is 24.5 Å². The zero-order valence-electron chi connectivity index (χ0n) is 6.84. The number of unbranched alkanes of at least 4 members (excludes halogenated alkanes) is 1. The van der Waals surface area contributed by atoms with Crippen LogP contribution in [0.25, 0.3) is 0 Å². The Morgan fingerprint density at radius 1 is 1.36 bits per heavy atom. The molecule has 0 aliphatic heterocycles. The van der Waals surface area contributed by atoms with Gasteiger partial charge in [-0.1, -0.05) is 13.3 Å². The zero-order valence-corrected chi connectivity index (χ0v) is 6.84. The van der Waals surface area contributed by atoms with Crippen molar-refractivity contribution in [2.45, 2.75) is 19.8 Å². The maximum Gasteiger partial charge on any atom is 0.170 e. The molecular weight excluding hydrogens is 138 g/mol. The number of ether oxygens (including phenoxy) is 1. The average molecular weight is 152 g/mol. The molecule has 1 aromatic heterocycles. The molecule has 1 aromatic rings. The normalized spacial score (nSPS) is 9.55. The maximum absolute atomic E-state index is 5.43. The topological polar surface area (TPSA) is 23.4 Å². The second kappa shape index (κ2) is 4.72. The first-order valence-corrected chi connectivity index (χ1v) is 4.02. The molecule has 0 bridgehead atoms. The first-order chi connectivity index (χ1) is 5.43. The summed E-state index contributed by atoms with van der Waals surface area (Å²) in [6.45, 7) is 2.97. The molecule has 1 N–H and O–H groups in total.